The first kappa shape index (κ1) is 13.1. The summed E-state index contributed by atoms with van der Waals surface area (Å²) in [4.78, 5) is 8.38. The van der Waals surface area contributed by atoms with E-state index in [2.05, 4.69) is 22.2 Å². The average Bonchev–Trinajstić information content (AvgIpc) is 2.42. The van der Waals surface area contributed by atoms with Crippen LogP contribution in [0.2, 0.25) is 0 Å². The zero-order valence-electron chi connectivity index (χ0n) is 11.7. The van der Waals surface area contributed by atoms with E-state index in [1.807, 2.05) is 0 Å². The largest absolute Gasteiger partial charge is 0.494 e. The van der Waals surface area contributed by atoms with Gasteiger partial charge in [-0.1, -0.05) is 13.3 Å². The van der Waals surface area contributed by atoms with Crippen LogP contribution in [0, 0.1) is 11.2 Å². The molecule has 0 bridgehead atoms. The summed E-state index contributed by atoms with van der Waals surface area (Å²) in [6.45, 7) is 3.14. The minimum absolute atomic E-state index is 0.213. The Bertz CT molecular complexity index is 640. The Hall–Kier alpha value is -1.91. The van der Waals surface area contributed by atoms with E-state index < -0.39 is 5.82 Å². The average molecular weight is 275 g/mol. The maximum absolute atomic E-state index is 13.7. The number of hydrogen-bond acceptors (Lipinski definition) is 4. The van der Waals surface area contributed by atoms with Crippen LogP contribution in [-0.2, 0) is 0 Å². The van der Waals surface area contributed by atoms with Crippen molar-refractivity contribution in [3.05, 3.63) is 24.3 Å². The number of ether oxygens (including phenoxy) is 1. The van der Waals surface area contributed by atoms with Crippen LogP contribution >= 0.6 is 0 Å². The third-order valence-electron chi connectivity index (χ3n) is 4.15. The highest BCUT2D eigenvalue weighted by atomic mass is 19.1. The number of methoxy groups -OCH3 is 1. The molecule has 106 valence electrons. The molecule has 1 aliphatic rings. The lowest BCUT2D eigenvalue weighted by Gasteiger charge is -2.38. The number of nitrogens with zero attached hydrogens (tertiary/aromatic N) is 2. The molecule has 1 N–H and O–H groups in total. The first-order valence-electron chi connectivity index (χ1n) is 6.83. The second-order valence-electron chi connectivity index (χ2n) is 5.74. The summed E-state index contributed by atoms with van der Waals surface area (Å²) < 4.78 is 18.7. The highest BCUT2D eigenvalue weighted by molar-refractivity contribution is 5.90. The zero-order valence-corrected chi connectivity index (χ0v) is 11.7. The maximum atomic E-state index is 13.7. The summed E-state index contributed by atoms with van der Waals surface area (Å²) in [7, 11) is 1.45. The summed E-state index contributed by atoms with van der Waals surface area (Å²) in [5.41, 5.74) is 0.932. The number of benzene rings is 1. The molecular weight excluding hydrogens is 257 g/mol. The van der Waals surface area contributed by atoms with Crippen LogP contribution < -0.4 is 10.1 Å². The van der Waals surface area contributed by atoms with Crippen LogP contribution in [0.5, 0.6) is 5.75 Å². The summed E-state index contributed by atoms with van der Waals surface area (Å²) in [5, 5.41) is 4.16. The normalized spacial score (nSPS) is 16.8. The van der Waals surface area contributed by atoms with Crippen LogP contribution in [-0.4, -0.2) is 23.6 Å². The Balaban J connectivity index is 1.93. The van der Waals surface area contributed by atoms with Crippen molar-refractivity contribution in [3.63, 3.8) is 0 Å². The van der Waals surface area contributed by atoms with Gasteiger partial charge in [-0.3, -0.25) is 0 Å². The van der Waals surface area contributed by atoms with Crippen molar-refractivity contribution in [1.82, 2.24) is 9.97 Å². The number of rotatable bonds is 4. The molecule has 0 aliphatic heterocycles. The van der Waals surface area contributed by atoms with Gasteiger partial charge in [0.2, 0.25) is 0 Å². The summed E-state index contributed by atoms with van der Waals surface area (Å²) in [6.07, 6.45) is 5.23. The Morgan fingerprint density at radius 3 is 2.80 bits per heavy atom. The fourth-order valence-corrected chi connectivity index (χ4v) is 2.61. The van der Waals surface area contributed by atoms with Gasteiger partial charge in [0.1, 0.15) is 12.1 Å². The van der Waals surface area contributed by atoms with Crippen molar-refractivity contribution in [2.24, 2.45) is 5.41 Å². The van der Waals surface area contributed by atoms with Crippen molar-refractivity contribution < 1.29 is 9.13 Å². The van der Waals surface area contributed by atoms with Gasteiger partial charge in [0, 0.05) is 18.0 Å². The molecule has 0 saturated heterocycles. The van der Waals surface area contributed by atoms with Crippen molar-refractivity contribution in [2.75, 3.05) is 19.0 Å². The molecule has 4 nitrogen and oxygen atoms in total. The molecule has 2 aromatic rings. The molecule has 0 amide bonds. The van der Waals surface area contributed by atoms with Crippen LogP contribution in [0.4, 0.5) is 10.2 Å². The van der Waals surface area contributed by atoms with Crippen molar-refractivity contribution >= 4 is 16.7 Å². The standard InChI is InChI=1S/C15H18FN3O/c1-15(4-3-5-15)8-17-14-10-6-13(20-2)11(16)7-12(10)18-9-19-14/h6-7,9H,3-5,8H2,1-2H3,(H,17,18,19). The van der Waals surface area contributed by atoms with E-state index in [1.165, 1.54) is 38.8 Å². The van der Waals surface area contributed by atoms with Crippen molar-refractivity contribution in [3.8, 4) is 5.75 Å². The minimum atomic E-state index is -0.407. The molecule has 20 heavy (non-hydrogen) atoms. The van der Waals surface area contributed by atoms with Crippen LogP contribution in [0.15, 0.2) is 18.5 Å². The van der Waals surface area contributed by atoms with Gasteiger partial charge in [-0.05, 0) is 24.3 Å². The van der Waals surface area contributed by atoms with E-state index in [0.29, 0.717) is 10.9 Å². The fraction of sp³-hybridized carbons (Fsp3) is 0.467. The Kier molecular flexibility index (Phi) is 3.20. The van der Waals surface area contributed by atoms with Crippen LogP contribution in [0.3, 0.4) is 0 Å². The number of halogens is 1. The monoisotopic (exact) mass is 275 g/mol. The molecule has 5 heteroatoms. The lowest BCUT2D eigenvalue weighted by Crippen LogP contribution is -2.33. The quantitative estimate of drug-likeness (QED) is 0.929. The summed E-state index contributed by atoms with van der Waals surface area (Å²) >= 11 is 0. The highest BCUT2D eigenvalue weighted by Gasteiger charge is 2.31. The number of hydrogen-bond donors (Lipinski definition) is 1. The van der Waals surface area contributed by atoms with Gasteiger partial charge in [-0.15, -0.1) is 0 Å². The minimum Gasteiger partial charge on any atom is -0.494 e. The van der Waals surface area contributed by atoms with Gasteiger partial charge in [-0.2, -0.15) is 0 Å². The summed E-state index contributed by atoms with van der Waals surface area (Å²) in [6, 6.07) is 3.03. The van der Waals surface area contributed by atoms with E-state index in [4.69, 9.17) is 4.74 Å². The van der Waals surface area contributed by atoms with Crippen LogP contribution in [0.1, 0.15) is 26.2 Å². The summed E-state index contributed by atoms with van der Waals surface area (Å²) in [5.74, 6) is 0.544. The molecule has 1 saturated carbocycles. The Labute approximate surface area is 117 Å². The molecule has 0 radical (unpaired) electrons. The highest BCUT2D eigenvalue weighted by Crippen LogP contribution is 2.40. The zero-order chi connectivity index (χ0) is 14.2. The van der Waals surface area contributed by atoms with Crippen molar-refractivity contribution in [2.45, 2.75) is 26.2 Å². The van der Waals surface area contributed by atoms with E-state index in [9.17, 15) is 4.39 Å². The van der Waals surface area contributed by atoms with Gasteiger partial charge in [0.15, 0.2) is 11.6 Å². The van der Waals surface area contributed by atoms with Crippen LogP contribution in [0.25, 0.3) is 10.9 Å². The topological polar surface area (TPSA) is 47.0 Å². The maximum Gasteiger partial charge on any atom is 0.167 e. The van der Waals surface area contributed by atoms with Gasteiger partial charge in [-0.25, -0.2) is 14.4 Å². The SMILES string of the molecule is COc1cc2c(NCC3(C)CCC3)ncnc2cc1F. The van der Waals surface area contributed by atoms with Gasteiger partial charge in [0.05, 0.1) is 12.6 Å². The molecular formula is C15H18FN3O. The van der Waals surface area contributed by atoms with E-state index in [-0.39, 0.29) is 5.75 Å². The van der Waals surface area contributed by atoms with Gasteiger partial charge in [0.25, 0.3) is 0 Å². The van der Waals surface area contributed by atoms with Gasteiger partial charge >= 0.3 is 0 Å². The van der Waals surface area contributed by atoms with Crippen molar-refractivity contribution in [1.29, 1.82) is 0 Å². The molecule has 1 aliphatic carbocycles. The van der Waals surface area contributed by atoms with Gasteiger partial charge < -0.3 is 10.1 Å². The number of aromatic nitrogens is 2. The molecule has 3 rings (SSSR count). The third kappa shape index (κ3) is 2.28. The number of nitrogens with one attached hydrogen (secondary N) is 1. The van der Waals surface area contributed by atoms with E-state index in [0.717, 1.165) is 17.7 Å². The molecule has 1 fully saturated rings. The fourth-order valence-electron chi connectivity index (χ4n) is 2.61. The Morgan fingerprint density at radius 2 is 2.15 bits per heavy atom. The molecule has 1 aromatic heterocycles. The number of fused-ring (bicyclic) bond motifs is 1. The second kappa shape index (κ2) is 4.89. The Morgan fingerprint density at radius 1 is 1.35 bits per heavy atom. The third-order valence-corrected chi connectivity index (χ3v) is 4.15. The first-order valence-corrected chi connectivity index (χ1v) is 6.83. The lowest BCUT2D eigenvalue weighted by molar-refractivity contribution is 0.180. The molecule has 1 heterocycles. The number of anilines is 1. The smallest absolute Gasteiger partial charge is 0.167 e. The second-order valence-corrected chi connectivity index (χ2v) is 5.74. The molecule has 0 spiro atoms. The molecule has 1 aromatic carbocycles. The van der Waals surface area contributed by atoms with E-state index >= 15 is 0 Å². The molecule has 0 atom stereocenters. The van der Waals surface area contributed by atoms with E-state index in [1.54, 1.807) is 6.07 Å². The predicted molar refractivity (Wildman–Crippen MR) is 76.5 cm³/mol. The lowest BCUT2D eigenvalue weighted by atomic mass is 9.70. The molecule has 0 unspecified atom stereocenters. The predicted octanol–water partition coefficient (Wildman–Crippen LogP) is 3.38. The first-order chi connectivity index (χ1) is 9.61.